The number of aromatic nitrogens is 2. The molecular formula is C21H27N5. The third-order valence-electron chi connectivity index (χ3n) is 5.52. The molecule has 136 valence electrons. The van der Waals surface area contributed by atoms with Crippen LogP contribution >= 0.6 is 0 Å². The van der Waals surface area contributed by atoms with Crippen molar-refractivity contribution in [1.82, 2.24) is 15.3 Å². The van der Waals surface area contributed by atoms with Gasteiger partial charge in [-0.1, -0.05) is 12.1 Å². The van der Waals surface area contributed by atoms with E-state index >= 15 is 0 Å². The number of benzene rings is 1. The summed E-state index contributed by atoms with van der Waals surface area (Å²) in [5.41, 5.74) is 9.76. The second-order valence-electron chi connectivity index (χ2n) is 7.62. The van der Waals surface area contributed by atoms with Gasteiger partial charge in [-0.05, 0) is 63.1 Å². The van der Waals surface area contributed by atoms with Gasteiger partial charge < -0.3 is 16.5 Å². The number of para-hydroxylation sites is 2. The molecule has 1 aromatic carbocycles. The minimum atomic E-state index is 0.384. The van der Waals surface area contributed by atoms with Crippen molar-refractivity contribution in [3.63, 3.8) is 0 Å². The molecule has 2 aliphatic carbocycles. The second-order valence-corrected chi connectivity index (χ2v) is 7.62. The summed E-state index contributed by atoms with van der Waals surface area (Å²) in [5.74, 6) is 1.19. The number of hydrogen-bond acceptors (Lipinski definition) is 5. The van der Waals surface area contributed by atoms with Crippen LogP contribution in [0.4, 0.5) is 0 Å². The molecule has 0 amide bonds. The van der Waals surface area contributed by atoms with Crippen molar-refractivity contribution >= 4 is 22.3 Å². The van der Waals surface area contributed by atoms with E-state index in [1.165, 1.54) is 19.3 Å². The highest BCUT2D eigenvalue weighted by atomic mass is 14.9. The standard InChI is InChI=1S/C21H27N5/c22-9-3-4-14-10-16(11-14)24-12-17(21(23)15-7-8-15)20-13-25-18-5-1-2-6-19(18)26-20/h1-2,5-6,12-16,23-24H,3-4,7-11,22H2/b17-12-,23-21?. The van der Waals surface area contributed by atoms with Crippen molar-refractivity contribution in [1.29, 1.82) is 5.41 Å². The number of nitrogens with one attached hydrogen (secondary N) is 2. The van der Waals surface area contributed by atoms with Gasteiger partial charge in [0.2, 0.25) is 0 Å². The number of nitrogens with zero attached hydrogens (tertiary/aromatic N) is 2. The predicted octanol–water partition coefficient (Wildman–Crippen LogP) is 3.51. The minimum absolute atomic E-state index is 0.384. The van der Waals surface area contributed by atoms with Crippen LogP contribution in [-0.2, 0) is 0 Å². The summed E-state index contributed by atoms with van der Waals surface area (Å²) in [5, 5.41) is 12.1. The Balaban J connectivity index is 1.50. The molecular weight excluding hydrogens is 322 g/mol. The molecule has 4 rings (SSSR count). The van der Waals surface area contributed by atoms with Gasteiger partial charge >= 0.3 is 0 Å². The van der Waals surface area contributed by atoms with Gasteiger partial charge in [0, 0.05) is 29.4 Å². The summed E-state index contributed by atoms with van der Waals surface area (Å²) in [4.78, 5) is 9.29. The van der Waals surface area contributed by atoms with Crippen LogP contribution in [0.5, 0.6) is 0 Å². The van der Waals surface area contributed by atoms with E-state index in [-0.39, 0.29) is 0 Å². The van der Waals surface area contributed by atoms with Gasteiger partial charge in [-0.15, -0.1) is 0 Å². The van der Waals surface area contributed by atoms with Crippen LogP contribution in [0.1, 0.15) is 44.2 Å². The van der Waals surface area contributed by atoms with E-state index in [9.17, 15) is 0 Å². The van der Waals surface area contributed by atoms with Gasteiger partial charge in [0.05, 0.1) is 22.9 Å². The molecule has 0 radical (unpaired) electrons. The molecule has 0 saturated heterocycles. The van der Waals surface area contributed by atoms with Crippen LogP contribution in [0.2, 0.25) is 0 Å². The number of hydrogen-bond donors (Lipinski definition) is 3. The summed E-state index contributed by atoms with van der Waals surface area (Å²) >= 11 is 0. The van der Waals surface area contributed by atoms with Crippen molar-refractivity contribution in [3.8, 4) is 0 Å². The van der Waals surface area contributed by atoms with Crippen molar-refractivity contribution in [2.45, 2.75) is 44.6 Å². The number of allylic oxidation sites excluding steroid dienone is 1. The van der Waals surface area contributed by atoms with Gasteiger partial charge in [0.1, 0.15) is 0 Å². The summed E-state index contributed by atoms with van der Waals surface area (Å²) in [6.45, 7) is 0.790. The average molecular weight is 349 g/mol. The largest absolute Gasteiger partial charge is 0.388 e. The molecule has 1 heterocycles. The highest BCUT2D eigenvalue weighted by Gasteiger charge is 2.31. The molecule has 1 aromatic heterocycles. The van der Waals surface area contributed by atoms with Crippen molar-refractivity contribution < 1.29 is 0 Å². The van der Waals surface area contributed by atoms with Crippen molar-refractivity contribution in [2.75, 3.05) is 6.54 Å². The van der Waals surface area contributed by atoms with Gasteiger partial charge in [-0.25, -0.2) is 4.98 Å². The Kier molecular flexibility index (Phi) is 4.98. The quantitative estimate of drug-likeness (QED) is 0.636. The zero-order chi connectivity index (χ0) is 17.9. The van der Waals surface area contributed by atoms with Gasteiger partial charge in [-0.2, -0.15) is 0 Å². The Morgan fingerprint density at radius 3 is 2.73 bits per heavy atom. The van der Waals surface area contributed by atoms with Crippen LogP contribution < -0.4 is 11.1 Å². The predicted molar refractivity (Wildman–Crippen MR) is 106 cm³/mol. The second kappa shape index (κ2) is 7.54. The van der Waals surface area contributed by atoms with E-state index in [0.29, 0.717) is 17.7 Å². The number of nitrogens with two attached hydrogens (primary N) is 1. The van der Waals surface area contributed by atoms with Crippen molar-refractivity contribution in [3.05, 3.63) is 42.4 Å². The van der Waals surface area contributed by atoms with Crippen molar-refractivity contribution in [2.24, 2.45) is 17.6 Å². The highest BCUT2D eigenvalue weighted by Crippen LogP contribution is 2.36. The molecule has 0 aliphatic heterocycles. The zero-order valence-electron chi connectivity index (χ0n) is 15.1. The van der Waals surface area contributed by atoms with E-state index in [4.69, 9.17) is 16.1 Å². The lowest BCUT2D eigenvalue weighted by atomic mass is 9.77. The topological polar surface area (TPSA) is 87.7 Å². The fourth-order valence-corrected chi connectivity index (χ4v) is 3.68. The average Bonchev–Trinajstić information content (AvgIpc) is 3.47. The molecule has 2 aromatic rings. The summed E-state index contributed by atoms with van der Waals surface area (Å²) < 4.78 is 0. The third-order valence-corrected chi connectivity index (χ3v) is 5.52. The molecule has 2 fully saturated rings. The minimum Gasteiger partial charge on any atom is -0.388 e. The van der Waals surface area contributed by atoms with Gasteiger partial charge in [0.15, 0.2) is 0 Å². The molecule has 2 saturated carbocycles. The van der Waals surface area contributed by atoms with Gasteiger partial charge in [0.25, 0.3) is 0 Å². The Morgan fingerprint density at radius 2 is 2.00 bits per heavy atom. The first-order valence-corrected chi connectivity index (χ1v) is 9.72. The summed E-state index contributed by atoms with van der Waals surface area (Å²) in [6, 6.07) is 8.40. The van der Waals surface area contributed by atoms with Gasteiger partial charge in [-0.3, -0.25) is 4.98 Å². The van der Waals surface area contributed by atoms with E-state index in [2.05, 4.69) is 10.3 Å². The Labute approximate surface area is 154 Å². The van der Waals surface area contributed by atoms with Crippen LogP contribution in [0.25, 0.3) is 16.6 Å². The fraction of sp³-hybridized carbons (Fsp3) is 0.476. The van der Waals surface area contributed by atoms with E-state index < -0.39 is 0 Å². The van der Waals surface area contributed by atoms with Crippen LogP contribution in [-0.4, -0.2) is 28.3 Å². The monoisotopic (exact) mass is 349 g/mol. The molecule has 0 bridgehead atoms. The maximum absolute atomic E-state index is 8.57. The van der Waals surface area contributed by atoms with E-state index in [0.717, 1.165) is 54.0 Å². The molecule has 5 heteroatoms. The smallest absolute Gasteiger partial charge is 0.0925 e. The fourth-order valence-electron chi connectivity index (χ4n) is 3.68. The molecule has 0 spiro atoms. The first-order chi connectivity index (χ1) is 12.7. The third kappa shape index (κ3) is 3.78. The summed E-state index contributed by atoms with van der Waals surface area (Å²) in [6.07, 6.45) is 10.8. The Hall–Kier alpha value is -2.27. The number of fused-ring (bicyclic) bond motifs is 1. The Bertz CT molecular complexity index is 818. The first-order valence-electron chi connectivity index (χ1n) is 9.72. The van der Waals surface area contributed by atoms with Crippen LogP contribution in [0.3, 0.4) is 0 Å². The first kappa shape index (κ1) is 17.2. The highest BCUT2D eigenvalue weighted by molar-refractivity contribution is 6.23. The van der Waals surface area contributed by atoms with Crippen LogP contribution in [0, 0.1) is 17.2 Å². The molecule has 0 unspecified atom stereocenters. The number of rotatable bonds is 8. The zero-order valence-corrected chi connectivity index (χ0v) is 15.1. The molecule has 5 nitrogen and oxygen atoms in total. The van der Waals surface area contributed by atoms with Crippen LogP contribution in [0.15, 0.2) is 36.7 Å². The maximum atomic E-state index is 8.57. The molecule has 4 N–H and O–H groups in total. The normalized spacial score (nSPS) is 22.9. The molecule has 0 atom stereocenters. The van der Waals surface area contributed by atoms with E-state index in [1.807, 2.05) is 30.5 Å². The lowest BCUT2D eigenvalue weighted by Crippen LogP contribution is -2.39. The molecule has 26 heavy (non-hydrogen) atoms. The maximum Gasteiger partial charge on any atom is 0.0925 e. The van der Waals surface area contributed by atoms with E-state index in [1.54, 1.807) is 6.20 Å². The SMILES string of the molecule is N=C(/C(=C\NC1CC(CCCN)C1)c1cnc2ccccc2n1)C1CC1. The molecule has 2 aliphatic rings. The lowest BCUT2D eigenvalue weighted by molar-refractivity contribution is 0.223. The lowest BCUT2D eigenvalue weighted by Gasteiger charge is -2.35. The summed E-state index contributed by atoms with van der Waals surface area (Å²) in [7, 11) is 0. The Morgan fingerprint density at radius 1 is 1.23 bits per heavy atom.